The quantitative estimate of drug-likeness (QED) is 0.101. The lowest BCUT2D eigenvalue weighted by Gasteiger charge is -2.15. The Hall–Kier alpha value is -4.28. The third kappa shape index (κ3) is 8.64. The lowest BCUT2D eigenvalue weighted by atomic mass is 10.1. The highest BCUT2D eigenvalue weighted by Crippen LogP contribution is 2.30. The minimum Gasteiger partial charge on any atom is -0.478 e. The Morgan fingerprint density at radius 2 is 1.45 bits per heavy atom. The zero-order valence-electron chi connectivity index (χ0n) is 22.9. The summed E-state index contributed by atoms with van der Waals surface area (Å²) in [6.07, 6.45) is 1.40. The molecule has 4 rings (SSSR count). The van der Waals surface area contributed by atoms with E-state index in [4.69, 9.17) is 34.8 Å². The van der Waals surface area contributed by atoms with E-state index in [1.165, 1.54) is 36.0 Å². The Morgan fingerprint density at radius 1 is 0.773 bits per heavy atom. The van der Waals surface area contributed by atoms with Crippen LogP contribution in [0, 0.1) is 0 Å². The van der Waals surface area contributed by atoms with Crippen LogP contribution in [0.3, 0.4) is 0 Å². The van der Waals surface area contributed by atoms with Crippen LogP contribution in [-0.4, -0.2) is 34.0 Å². The molecule has 0 aromatic heterocycles. The molecule has 12 heteroatoms. The normalized spacial score (nSPS) is 11.8. The van der Waals surface area contributed by atoms with Crippen LogP contribution in [0.1, 0.15) is 33.2 Å². The predicted octanol–water partition coefficient (Wildman–Crippen LogP) is 7.87. The molecule has 1 unspecified atom stereocenters. The van der Waals surface area contributed by atoms with Crippen molar-refractivity contribution in [3.8, 4) is 0 Å². The molecule has 0 aliphatic heterocycles. The number of thioether (sulfide) groups is 1. The van der Waals surface area contributed by atoms with Gasteiger partial charge in [0.25, 0.3) is 11.8 Å². The number of hydrogen-bond acceptors (Lipinski definition) is 5. The summed E-state index contributed by atoms with van der Waals surface area (Å²) in [7, 11) is 0. The summed E-state index contributed by atoms with van der Waals surface area (Å²) in [5.41, 5.74) is 1.17. The number of aromatic carboxylic acids is 1. The van der Waals surface area contributed by atoms with Gasteiger partial charge in [0.15, 0.2) is 0 Å². The maximum atomic E-state index is 13.5. The third-order valence-corrected chi connectivity index (χ3v) is 8.14. The molecule has 224 valence electrons. The third-order valence-electron chi connectivity index (χ3n) is 6.06. The van der Waals surface area contributed by atoms with Gasteiger partial charge in [-0.3, -0.25) is 14.4 Å². The largest absolute Gasteiger partial charge is 0.478 e. The van der Waals surface area contributed by atoms with E-state index in [9.17, 15) is 24.3 Å². The van der Waals surface area contributed by atoms with Crippen molar-refractivity contribution in [2.75, 3.05) is 10.6 Å². The first-order valence-corrected chi connectivity index (χ1v) is 15.0. The van der Waals surface area contributed by atoms with Crippen molar-refractivity contribution in [1.82, 2.24) is 5.32 Å². The lowest BCUT2D eigenvalue weighted by molar-refractivity contribution is -0.115. The summed E-state index contributed by atoms with van der Waals surface area (Å²) in [5, 5.41) is 17.5. The van der Waals surface area contributed by atoms with Crippen molar-refractivity contribution >= 4 is 87.7 Å². The molecule has 0 radical (unpaired) electrons. The average molecular weight is 669 g/mol. The smallest absolute Gasteiger partial charge is 0.335 e. The summed E-state index contributed by atoms with van der Waals surface area (Å²) in [5.74, 6) is -2.69. The minimum absolute atomic E-state index is 0.0152. The number of carboxylic acid groups (broad SMARTS) is 1. The molecular weight excluding hydrogens is 645 g/mol. The van der Waals surface area contributed by atoms with Gasteiger partial charge in [-0.1, -0.05) is 65.1 Å². The van der Waals surface area contributed by atoms with Gasteiger partial charge in [-0.15, -0.1) is 11.8 Å². The van der Waals surface area contributed by atoms with Gasteiger partial charge in [0.2, 0.25) is 5.91 Å². The number of nitrogens with one attached hydrogen (secondary N) is 3. The van der Waals surface area contributed by atoms with Crippen molar-refractivity contribution in [2.24, 2.45) is 0 Å². The van der Waals surface area contributed by atoms with Gasteiger partial charge in [-0.25, -0.2) is 4.79 Å². The van der Waals surface area contributed by atoms with Crippen molar-refractivity contribution in [2.45, 2.75) is 17.1 Å². The van der Waals surface area contributed by atoms with Crippen LogP contribution in [0.5, 0.6) is 0 Å². The summed E-state index contributed by atoms with van der Waals surface area (Å²) in [4.78, 5) is 51.2. The first-order chi connectivity index (χ1) is 21.0. The topological polar surface area (TPSA) is 125 Å². The van der Waals surface area contributed by atoms with Crippen LogP contribution in [0.15, 0.2) is 102 Å². The summed E-state index contributed by atoms with van der Waals surface area (Å²) in [6.45, 7) is 1.67. The maximum absolute atomic E-state index is 13.5. The Balaban J connectivity index is 1.51. The number of amides is 3. The van der Waals surface area contributed by atoms with Crippen LogP contribution in [0.2, 0.25) is 15.1 Å². The van der Waals surface area contributed by atoms with Gasteiger partial charge in [0.05, 0.1) is 21.5 Å². The summed E-state index contributed by atoms with van der Waals surface area (Å²) < 4.78 is 0. The molecule has 8 nitrogen and oxygen atoms in total. The van der Waals surface area contributed by atoms with Crippen LogP contribution in [0.4, 0.5) is 11.4 Å². The van der Waals surface area contributed by atoms with Crippen LogP contribution < -0.4 is 16.0 Å². The van der Waals surface area contributed by atoms with Crippen molar-refractivity contribution in [3.63, 3.8) is 0 Å². The molecule has 0 fully saturated rings. The molecule has 1 atom stereocenters. The first-order valence-electron chi connectivity index (χ1n) is 13.0. The minimum atomic E-state index is -1.15. The van der Waals surface area contributed by atoms with Crippen molar-refractivity contribution < 1.29 is 24.3 Å². The van der Waals surface area contributed by atoms with E-state index in [2.05, 4.69) is 16.0 Å². The molecule has 44 heavy (non-hydrogen) atoms. The fourth-order valence-corrected chi connectivity index (χ4v) is 5.42. The lowest BCUT2D eigenvalue weighted by Crippen LogP contribution is -2.30. The summed E-state index contributed by atoms with van der Waals surface area (Å²) >= 11 is 20.0. The van der Waals surface area contributed by atoms with Gasteiger partial charge in [0, 0.05) is 31.8 Å². The Morgan fingerprint density at radius 3 is 2.14 bits per heavy atom. The van der Waals surface area contributed by atoms with E-state index < -0.39 is 28.9 Å². The number of anilines is 2. The molecule has 4 aromatic carbocycles. The molecular formula is C32H24Cl3N3O5S. The highest BCUT2D eigenvalue weighted by atomic mass is 35.5. The first kappa shape index (κ1) is 32.6. The van der Waals surface area contributed by atoms with Gasteiger partial charge in [0.1, 0.15) is 5.70 Å². The predicted molar refractivity (Wildman–Crippen MR) is 176 cm³/mol. The van der Waals surface area contributed by atoms with E-state index in [-0.39, 0.29) is 22.0 Å². The summed E-state index contributed by atoms with van der Waals surface area (Å²) in [6, 6.07) is 24.1. The van der Waals surface area contributed by atoms with Crippen LogP contribution in [-0.2, 0) is 9.59 Å². The number of hydrogen-bond donors (Lipinski definition) is 4. The number of benzene rings is 4. The molecule has 0 bridgehead atoms. The molecule has 0 aliphatic carbocycles. The Labute approximate surface area is 272 Å². The number of carboxylic acids is 1. The zero-order chi connectivity index (χ0) is 31.8. The molecule has 0 saturated carbocycles. The monoisotopic (exact) mass is 667 g/mol. The second-order valence-electron chi connectivity index (χ2n) is 9.24. The standard InChI is InChI=1S/C32H24Cl3N3O5S/c1-18(29(39)37-27-15-20(32(42)43)13-14-26(27)35)44-22-10-5-9-21(16-22)36-31(41)28(17-23-24(33)11-6-12-25(23)34)38-30(40)19-7-3-2-4-8-19/h2-18H,1H3,(H,36,41)(H,37,39)(H,38,40)(H,42,43)/b28-17+. The van der Waals surface area contributed by atoms with Gasteiger partial charge in [-0.05, 0) is 73.7 Å². The Bertz CT molecular complexity index is 1750. The van der Waals surface area contributed by atoms with Gasteiger partial charge in [-0.2, -0.15) is 0 Å². The highest BCUT2D eigenvalue weighted by Gasteiger charge is 2.19. The van der Waals surface area contributed by atoms with Crippen LogP contribution in [0.25, 0.3) is 6.08 Å². The maximum Gasteiger partial charge on any atom is 0.335 e. The van der Waals surface area contributed by atoms with E-state index in [1.54, 1.807) is 79.7 Å². The molecule has 0 aliphatic rings. The zero-order valence-corrected chi connectivity index (χ0v) is 26.0. The number of carbonyl (C=O) groups excluding carboxylic acids is 3. The number of rotatable bonds is 10. The average Bonchev–Trinajstić information content (AvgIpc) is 2.99. The van der Waals surface area contributed by atoms with E-state index in [1.807, 2.05) is 0 Å². The number of carbonyl (C=O) groups is 4. The van der Waals surface area contributed by atoms with E-state index >= 15 is 0 Å². The second kappa shape index (κ2) is 14.9. The molecule has 3 amide bonds. The van der Waals surface area contributed by atoms with Crippen molar-refractivity contribution in [3.05, 3.63) is 128 Å². The Kier molecular flexibility index (Phi) is 11.1. The number of halogens is 3. The van der Waals surface area contributed by atoms with Gasteiger partial charge >= 0.3 is 5.97 Å². The van der Waals surface area contributed by atoms with Crippen molar-refractivity contribution in [1.29, 1.82) is 0 Å². The molecule has 4 aromatic rings. The molecule has 0 heterocycles. The van der Waals surface area contributed by atoms with Crippen LogP contribution >= 0.6 is 46.6 Å². The SMILES string of the molecule is CC(Sc1cccc(NC(=O)/C(=C\c2c(Cl)cccc2Cl)NC(=O)c2ccccc2)c1)C(=O)Nc1cc(C(=O)O)ccc1Cl. The fourth-order valence-electron chi connectivity index (χ4n) is 3.83. The highest BCUT2D eigenvalue weighted by molar-refractivity contribution is 8.00. The van der Waals surface area contributed by atoms with E-state index in [0.29, 0.717) is 31.8 Å². The molecule has 0 spiro atoms. The van der Waals surface area contributed by atoms with E-state index in [0.717, 1.165) is 0 Å². The molecule has 0 saturated heterocycles. The van der Waals surface area contributed by atoms with Gasteiger partial charge < -0.3 is 21.1 Å². The second-order valence-corrected chi connectivity index (χ2v) is 11.9. The molecule has 4 N–H and O–H groups in total. The fraction of sp³-hybridized carbons (Fsp3) is 0.0625.